The van der Waals surface area contributed by atoms with Crippen molar-refractivity contribution in [3.63, 3.8) is 0 Å². The molecule has 1 saturated heterocycles. The van der Waals surface area contributed by atoms with Gasteiger partial charge in [0.05, 0.1) is 17.8 Å². The van der Waals surface area contributed by atoms with Crippen molar-refractivity contribution in [2.45, 2.75) is 89.9 Å². The van der Waals surface area contributed by atoms with Crippen molar-refractivity contribution in [1.29, 1.82) is 0 Å². The average Bonchev–Trinajstić information content (AvgIpc) is 3.47. The maximum absolute atomic E-state index is 13.8. The Balaban J connectivity index is 1.16. The zero-order chi connectivity index (χ0) is 25.4. The molecule has 7 aliphatic rings. The monoisotopic (exact) mass is 502 g/mol. The van der Waals surface area contributed by atoms with E-state index in [4.69, 9.17) is 18.9 Å². The number of hydrogen-bond donors (Lipinski definition) is 0. The third-order valence-electron chi connectivity index (χ3n) is 10.8. The SMILES string of the molecule is CCC(C)C(=O)OCC(=O)OC1C2CC3C1OC(=O)C3C2C(=O)OC1(CC)C2CC3CC(C2)CC1C3. The summed E-state index contributed by atoms with van der Waals surface area (Å²) in [4.78, 5) is 51.1. The van der Waals surface area contributed by atoms with Gasteiger partial charge in [-0.05, 0) is 75.0 Å². The second-order valence-corrected chi connectivity index (χ2v) is 12.4. The second-order valence-electron chi connectivity index (χ2n) is 12.4. The zero-order valence-corrected chi connectivity index (χ0v) is 21.5. The molecule has 0 aromatic carbocycles. The summed E-state index contributed by atoms with van der Waals surface area (Å²) in [6.07, 6.45) is 6.62. The van der Waals surface area contributed by atoms with Crippen LogP contribution in [0, 0.1) is 53.3 Å². The molecular weight excluding hydrogens is 464 g/mol. The van der Waals surface area contributed by atoms with Crippen molar-refractivity contribution in [3.05, 3.63) is 0 Å². The highest BCUT2D eigenvalue weighted by Gasteiger charge is 2.71. The molecule has 0 aromatic rings. The fraction of sp³-hybridized carbons (Fsp3) is 0.857. The fourth-order valence-corrected chi connectivity index (χ4v) is 9.15. The van der Waals surface area contributed by atoms with Gasteiger partial charge in [0, 0.05) is 11.8 Å². The molecule has 1 heterocycles. The molecule has 0 aromatic heterocycles. The number of ether oxygens (including phenoxy) is 4. The number of fused-ring (bicyclic) bond motifs is 1. The first-order chi connectivity index (χ1) is 17.3. The van der Waals surface area contributed by atoms with E-state index in [1.54, 1.807) is 6.92 Å². The first kappa shape index (κ1) is 24.2. The molecule has 7 fully saturated rings. The van der Waals surface area contributed by atoms with Crippen LogP contribution in [0.25, 0.3) is 0 Å². The van der Waals surface area contributed by atoms with Gasteiger partial charge in [-0.1, -0.05) is 20.8 Å². The van der Waals surface area contributed by atoms with Crippen LogP contribution in [0.2, 0.25) is 0 Å². The normalized spacial score (nSPS) is 45.9. The van der Waals surface area contributed by atoms with Gasteiger partial charge in [-0.25, -0.2) is 4.79 Å². The van der Waals surface area contributed by atoms with E-state index in [2.05, 4.69) is 6.92 Å². The van der Waals surface area contributed by atoms with E-state index in [0.717, 1.165) is 43.9 Å². The van der Waals surface area contributed by atoms with Gasteiger partial charge in [-0.15, -0.1) is 0 Å². The summed E-state index contributed by atoms with van der Waals surface area (Å²) in [6, 6.07) is 0. The molecule has 8 heteroatoms. The van der Waals surface area contributed by atoms with Gasteiger partial charge >= 0.3 is 23.9 Å². The van der Waals surface area contributed by atoms with Crippen molar-refractivity contribution >= 4 is 23.9 Å². The molecule has 7 atom stereocenters. The van der Waals surface area contributed by atoms with Crippen LogP contribution in [0.5, 0.6) is 0 Å². The second kappa shape index (κ2) is 8.73. The summed E-state index contributed by atoms with van der Waals surface area (Å²) in [6.45, 7) is 5.25. The minimum absolute atomic E-state index is 0.142. The van der Waals surface area contributed by atoms with E-state index in [9.17, 15) is 19.2 Å². The van der Waals surface area contributed by atoms with E-state index in [-0.39, 0.29) is 29.7 Å². The predicted octanol–water partition coefficient (Wildman–Crippen LogP) is 3.44. The quantitative estimate of drug-likeness (QED) is 0.367. The summed E-state index contributed by atoms with van der Waals surface area (Å²) in [5, 5.41) is 0. The van der Waals surface area contributed by atoms with Crippen molar-refractivity contribution in [2.24, 2.45) is 53.3 Å². The number of esters is 4. The Morgan fingerprint density at radius 1 is 1.00 bits per heavy atom. The van der Waals surface area contributed by atoms with Gasteiger partial charge in [0.2, 0.25) is 0 Å². The predicted molar refractivity (Wildman–Crippen MR) is 125 cm³/mol. The summed E-state index contributed by atoms with van der Waals surface area (Å²) in [5.74, 6) is -1.42. The summed E-state index contributed by atoms with van der Waals surface area (Å²) >= 11 is 0. The summed E-state index contributed by atoms with van der Waals surface area (Å²) < 4.78 is 22.9. The molecule has 0 spiro atoms. The van der Waals surface area contributed by atoms with E-state index >= 15 is 0 Å². The number of carbonyl (C=O) groups excluding carboxylic acids is 4. The van der Waals surface area contributed by atoms with Crippen LogP contribution in [0.1, 0.15) is 72.1 Å². The Morgan fingerprint density at radius 3 is 2.28 bits per heavy atom. The van der Waals surface area contributed by atoms with Crippen LogP contribution < -0.4 is 0 Å². The van der Waals surface area contributed by atoms with E-state index in [1.165, 1.54) is 6.42 Å². The van der Waals surface area contributed by atoms with Crippen LogP contribution >= 0.6 is 0 Å². The highest BCUT2D eigenvalue weighted by Crippen LogP contribution is 2.63. The molecule has 0 radical (unpaired) electrons. The van der Waals surface area contributed by atoms with Crippen LogP contribution in [-0.4, -0.2) is 48.3 Å². The lowest BCUT2D eigenvalue weighted by Gasteiger charge is -2.60. The van der Waals surface area contributed by atoms with Crippen LogP contribution in [0.15, 0.2) is 0 Å². The maximum atomic E-state index is 13.8. The Bertz CT molecular complexity index is 929. The highest BCUT2D eigenvalue weighted by atomic mass is 16.6. The Morgan fingerprint density at radius 2 is 1.67 bits per heavy atom. The standard InChI is InChI=1S/C28H38O8/c1-4-13(3)25(30)33-12-20(29)34-23-19-11-18-21(26(31)35-24(18)23)22(19)27(32)36-28(5-2)16-7-14-6-15(9-16)10-17(28)8-14/h13-19,21-24H,4-12H2,1-3H3. The number of hydrogen-bond acceptors (Lipinski definition) is 8. The lowest BCUT2D eigenvalue weighted by molar-refractivity contribution is -0.218. The van der Waals surface area contributed by atoms with Crippen LogP contribution in [0.3, 0.4) is 0 Å². The van der Waals surface area contributed by atoms with Gasteiger partial charge in [0.25, 0.3) is 0 Å². The van der Waals surface area contributed by atoms with E-state index in [1.807, 2.05) is 6.92 Å². The molecule has 6 bridgehead atoms. The molecule has 0 N–H and O–H groups in total. The van der Waals surface area contributed by atoms with Crippen LogP contribution in [-0.2, 0) is 38.1 Å². The Labute approximate surface area is 212 Å². The lowest BCUT2D eigenvalue weighted by atomic mass is 9.49. The Hall–Kier alpha value is -2.12. The smallest absolute Gasteiger partial charge is 0.344 e. The van der Waals surface area contributed by atoms with Crippen molar-refractivity contribution in [1.82, 2.24) is 0 Å². The maximum Gasteiger partial charge on any atom is 0.344 e. The van der Waals surface area contributed by atoms with Gasteiger partial charge in [0.1, 0.15) is 17.8 Å². The minimum atomic E-state index is -0.707. The third kappa shape index (κ3) is 3.52. The first-order valence-corrected chi connectivity index (χ1v) is 14.0. The van der Waals surface area contributed by atoms with Gasteiger partial charge in [-0.3, -0.25) is 14.4 Å². The molecule has 7 rings (SSSR count). The topological polar surface area (TPSA) is 105 Å². The number of carbonyl (C=O) groups is 4. The van der Waals surface area contributed by atoms with Crippen molar-refractivity contribution < 1.29 is 38.1 Å². The minimum Gasteiger partial charge on any atom is -0.458 e. The molecule has 6 aliphatic carbocycles. The Kier molecular flexibility index (Phi) is 5.87. The highest BCUT2D eigenvalue weighted by molar-refractivity contribution is 5.86. The van der Waals surface area contributed by atoms with Gasteiger partial charge in [0.15, 0.2) is 6.61 Å². The molecular formula is C28H38O8. The summed E-state index contributed by atoms with van der Waals surface area (Å²) in [7, 11) is 0. The van der Waals surface area contributed by atoms with Gasteiger partial charge in [-0.2, -0.15) is 0 Å². The molecule has 36 heavy (non-hydrogen) atoms. The molecule has 7 unspecified atom stereocenters. The van der Waals surface area contributed by atoms with Crippen molar-refractivity contribution in [2.75, 3.05) is 6.61 Å². The van der Waals surface area contributed by atoms with E-state index < -0.39 is 48.2 Å². The molecule has 0 amide bonds. The van der Waals surface area contributed by atoms with Crippen LogP contribution in [0.4, 0.5) is 0 Å². The number of rotatable bonds is 8. The van der Waals surface area contributed by atoms with E-state index in [0.29, 0.717) is 24.7 Å². The van der Waals surface area contributed by atoms with Crippen molar-refractivity contribution in [3.8, 4) is 0 Å². The summed E-state index contributed by atoms with van der Waals surface area (Å²) in [5.41, 5.74) is -0.440. The third-order valence-corrected chi connectivity index (χ3v) is 10.8. The fourth-order valence-electron chi connectivity index (χ4n) is 9.15. The first-order valence-electron chi connectivity index (χ1n) is 14.0. The lowest BCUT2D eigenvalue weighted by Crippen LogP contribution is -2.60. The molecule has 8 nitrogen and oxygen atoms in total. The average molecular weight is 503 g/mol. The molecule has 6 saturated carbocycles. The molecule has 198 valence electrons. The largest absolute Gasteiger partial charge is 0.458 e. The zero-order valence-electron chi connectivity index (χ0n) is 21.5. The molecule has 1 aliphatic heterocycles. The van der Waals surface area contributed by atoms with Gasteiger partial charge < -0.3 is 18.9 Å².